The Labute approximate surface area is 114 Å². The van der Waals surface area contributed by atoms with Crippen LogP contribution in [0.15, 0.2) is 28.2 Å². The van der Waals surface area contributed by atoms with E-state index in [-0.39, 0.29) is 5.69 Å². The quantitative estimate of drug-likeness (QED) is 0.891. The molecule has 17 heavy (non-hydrogen) atoms. The predicted molar refractivity (Wildman–Crippen MR) is 71.5 cm³/mol. The molecule has 0 aliphatic carbocycles. The van der Waals surface area contributed by atoms with Gasteiger partial charge in [0.05, 0.1) is 16.2 Å². The highest BCUT2D eigenvalue weighted by molar-refractivity contribution is 9.10. The molecule has 0 saturated heterocycles. The van der Waals surface area contributed by atoms with Gasteiger partial charge in [-0.3, -0.25) is 0 Å². The number of halogens is 2. The Bertz CT molecular complexity index is 573. The van der Waals surface area contributed by atoms with Gasteiger partial charge in [0.1, 0.15) is 5.00 Å². The number of benzene rings is 1. The molecule has 4 nitrogen and oxygen atoms in total. The van der Waals surface area contributed by atoms with E-state index in [4.69, 9.17) is 16.7 Å². The predicted octanol–water partition coefficient (Wildman–Crippen LogP) is 4.00. The third-order valence-electron chi connectivity index (χ3n) is 1.95. The van der Waals surface area contributed by atoms with Gasteiger partial charge in [0.25, 0.3) is 0 Å². The number of anilines is 2. The second-order valence-corrected chi connectivity index (χ2v) is 5.26. The SMILES string of the molecule is O=C(O)c1ncsc1Nc1ccc(Br)cc1Cl. The summed E-state index contributed by atoms with van der Waals surface area (Å²) in [6, 6.07) is 5.30. The fourth-order valence-corrected chi connectivity index (χ4v) is 2.61. The van der Waals surface area contributed by atoms with Crippen molar-refractivity contribution in [1.29, 1.82) is 0 Å². The first-order chi connectivity index (χ1) is 8.08. The maximum absolute atomic E-state index is 10.9. The Kier molecular flexibility index (Phi) is 3.66. The zero-order valence-electron chi connectivity index (χ0n) is 8.28. The number of carboxylic acids is 1. The number of nitrogens with one attached hydrogen (secondary N) is 1. The minimum absolute atomic E-state index is 0.00557. The van der Waals surface area contributed by atoms with Crippen molar-refractivity contribution in [3.63, 3.8) is 0 Å². The van der Waals surface area contributed by atoms with Crippen LogP contribution in [-0.2, 0) is 0 Å². The van der Waals surface area contributed by atoms with E-state index in [9.17, 15) is 4.79 Å². The van der Waals surface area contributed by atoms with Crippen LogP contribution in [0.4, 0.5) is 10.7 Å². The molecule has 88 valence electrons. The van der Waals surface area contributed by atoms with E-state index in [1.54, 1.807) is 12.1 Å². The molecule has 0 aliphatic rings. The molecule has 2 N–H and O–H groups in total. The smallest absolute Gasteiger partial charge is 0.357 e. The maximum atomic E-state index is 10.9. The van der Waals surface area contributed by atoms with Crippen molar-refractivity contribution in [2.45, 2.75) is 0 Å². The minimum Gasteiger partial charge on any atom is -0.476 e. The molecule has 2 aromatic rings. The third-order valence-corrected chi connectivity index (χ3v) is 3.50. The van der Waals surface area contributed by atoms with Gasteiger partial charge < -0.3 is 10.4 Å². The van der Waals surface area contributed by atoms with Gasteiger partial charge in [0, 0.05) is 4.47 Å². The summed E-state index contributed by atoms with van der Waals surface area (Å²) < 4.78 is 0.857. The Morgan fingerprint density at radius 1 is 1.53 bits per heavy atom. The number of rotatable bonds is 3. The molecule has 0 aliphatic heterocycles. The fraction of sp³-hybridized carbons (Fsp3) is 0. The number of carboxylic acid groups (broad SMARTS) is 1. The van der Waals surface area contributed by atoms with Crippen LogP contribution in [0.3, 0.4) is 0 Å². The lowest BCUT2D eigenvalue weighted by atomic mass is 10.3. The first-order valence-corrected chi connectivity index (χ1v) is 6.52. The number of carbonyl (C=O) groups is 1. The highest BCUT2D eigenvalue weighted by Gasteiger charge is 2.14. The van der Waals surface area contributed by atoms with E-state index in [1.165, 1.54) is 16.8 Å². The van der Waals surface area contributed by atoms with E-state index >= 15 is 0 Å². The Morgan fingerprint density at radius 2 is 2.29 bits per heavy atom. The van der Waals surface area contributed by atoms with E-state index in [2.05, 4.69) is 26.2 Å². The first kappa shape index (κ1) is 12.3. The Balaban J connectivity index is 2.31. The van der Waals surface area contributed by atoms with Crippen LogP contribution in [0.2, 0.25) is 5.02 Å². The highest BCUT2D eigenvalue weighted by Crippen LogP contribution is 2.31. The maximum Gasteiger partial charge on any atom is 0.357 e. The molecular formula is C10H6BrClN2O2S. The summed E-state index contributed by atoms with van der Waals surface area (Å²) in [4.78, 5) is 14.6. The lowest BCUT2D eigenvalue weighted by Crippen LogP contribution is -2.01. The van der Waals surface area contributed by atoms with Crippen LogP contribution in [0, 0.1) is 0 Å². The van der Waals surface area contributed by atoms with Crippen molar-refractivity contribution in [3.05, 3.63) is 38.9 Å². The molecule has 0 spiro atoms. The zero-order chi connectivity index (χ0) is 12.4. The van der Waals surface area contributed by atoms with Crippen molar-refractivity contribution in [1.82, 2.24) is 4.98 Å². The van der Waals surface area contributed by atoms with Gasteiger partial charge in [-0.2, -0.15) is 0 Å². The minimum atomic E-state index is -1.07. The lowest BCUT2D eigenvalue weighted by molar-refractivity contribution is 0.0692. The molecule has 1 heterocycles. The van der Waals surface area contributed by atoms with Gasteiger partial charge in [0.2, 0.25) is 0 Å². The number of aromatic carboxylic acids is 1. The molecule has 0 bridgehead atoms. The molecule has 1 aromatic carbocycles. The fourth-order valence-electron chi connectivity index (χ4n) is 1.20. The molecule has 7 heteroatoms. The van der Waals surface area contributed by atoms with E-state index in [0.717, 1.165) is 4.47 Å². The van der Waals surface area contributed by atoms with E-state index in [1.807, 2.05) is 6.07 Å². The normalized spacial score (nSPS) is 10.2. The van der Waals surface area contributed by atoms with Crippen molar-refractivity contribution >= 4 is 55.5 Å². The lowest BCUT2D eigenvalue weighted by Gasteiger charge is -2.06. The van der Waals surface area contributed by atoms with Gasteiger partial charge in [0.15, 0.2) is 5.69 Å². The summed E-state index contributed by atoms with van der Waals surface area (Å²) in [6.07, 6.45) is 0. The van der Waals surface area contributed by atoms with E-state index < -0.39 is 5.97 Å². The molecule has 0 saturated carbocycles. The number of aromatic nitrogens is 1. The number of hydrogen-bond donors (Lipinski definition) is 2. The van der Waals surface area contributed by atoms with Crippen molar-refractivity contribution in [3.8, 4) is 0 Å². The molecule has 1 aromatic heterocycles. The molecule has 0 fully saturated rings. The van der Waals surface area contributed by atoms with Gasteiger partial charge >= 0.3 is 5.97 Å². The standard InChI is InChI=1S/C10H6BrClN2O2S/c11-5-1-2-7(6(12)3-5)14-9-8(10(15)16)13-4-17-9/h1-4,14H,(H,15,16). The van der Waals surface area contributed by atoms with Gasteiger partial charge in [-0.25, -0.2) is 9.78 Å². The van der Waals surface area contributed by atoms with Crippen LogP contribution in [-0.4, -0.2) is 16.1 Å². The molecule has 0 atom stereocenters. The zero-order valence-corrected chi connectivity index (χ0v) is 11.4. The van der Waals surface area contributed by atoms with Gasteiger partial charge in [-0.15, -0.1) is 11.3 Å². The molecule has 0 radical (unpaired) electrons. The number of thiazole rings is 1. The topological polar surface area (TPSA) is 62.2 Å². The van der Waals surface area contributed by atoms with Gasteiger partial charge in [-0.05, 0) is 18.2 Å². The van der Waals surface area contributed by atoms with Crippen LogP contribution in [0.1, 0.15) is 10.5 Å². The van der Waals surface area contributed by atoms with Gasteiger partial charge in [-0.1, -0.05) is 27.5 Å². The Morgan fingerprint density at radius 3 is 2.94 bits per heavy atom. The summed E-state index contributed by atoms with van der Waals surface area (Å²) in [6.45, 7) is 0. The van der Waals surface area contributed by atoms with Crippen molar-refractivity contribution in [2.24, 2.45) is 0 Å². The average Bonchev–Trinajstić information content (AvgIpc) is 2.70. The van der Waals surface area contributed by atoms with Crippen LogP contribution >= 0.6 is 38.9 Å². The molecular weight excluding hydrogens is 328 g/mol. The van der Waals surface area contributed by atoms with Crippen LogP contribution in [0.5, 0.6) is 0 Å². The monoisotopic (exact) mass is 332 g/mol. The summed E-state index contributed by atoms with van der Waals surface area (Å²) in [5, 5.41) is 12.8. The van der Waals surface area contributed by atoms with Crippen LogP contribution < -0.4 is 5.32 Å². The number of nitrogens with zero attached hydrogens (tertiary/aromatic N) is 1. The second-order valence-electron chi connectivity index (χ2n) is 3.08. The van der Waals surface area contributed by atoms with Crippen molar-refractivity contribution < 1.29 is 9.90 Å². The average molecular weight is 334 g/mol. The third kappa shape index (κ3) is 2.77. The molecule has 0 unspecified atom stereocenters. The Hall–Kier alpha value is -1.11. The summed E-state index contributed by atoms with van der Waals surface area (Å²) in [7, 11) is 0. The number of hydrogen-bond acceptors (Lipinski definition) is 4. The molecule has 0 amide bonds. The molecule has 2 rings (SSSR count). The second kappa shape index (κ2) is 5.03. The van der Waals surface area contributed by atoms with Crippen LogP contribution in [0.25, 0.3) is 0 Å². The first-order valence-electron chi connectivity index (χ1n) is 4.47. The largest absolute Gasteiger partial charge is 0.476 e. The summed E-state index contributed by atoms with van der Waals surface area (Å²) >= 11 is 10.5. The summed E-state index contributed by atoms with van der Waals surface area (Å²) in [5.74, 6) is -1.07. The van der Waals surface area contributed by atoms with E-state index in [0.29, 0.717) is 15.7 Å². The highest BCUT2D eigenvalue weighted by atomic mass is 79.9. The van der Waals surface area contributed by atoms with Crippen molar-refractivity contribution in [2.75, 3.05) is 5.32 Å². The summed E-state index contributed by atoms with van der Waals surface area (Å²) in [5.41, 5.74) is 2.11.